The highest BCUT2D eigenvalue weighted by molar-refractivity contribution is 4.88. The maximum absolute atomic E-state index is 9.64. The topological polar surface area (TPSA) is 120 Å². The van der Waals surface area contributed by atoms with Gasteiger partial charge in [-0.25, -0.2) is 0 Å². The Morgan fingerprint density at radius 1 is 1.17 bits per heavy atom. The van der Waals surface area contributed by atoms with Gasteiger partial charge in [0.2, 0.25) is 0 Å². The first-order chi connectivity index (χ1) is 8.51. The van der Waals surface area contributed by atoms with Gasteiger partial charge in [-0.15, -0.1) is 0 Å². The summed E-state index contributed by atoms with van der Waals surface area (Å²) in [4.78, 5) is 0. The molecule has 1 heterocycles. The molecule has 1 aliphatic heterocycles. The molecule has 0 spiro atoms. The molecule has 1 aliphatic rings. The summed E-state index contributed by atoms with van der Waals surface area (Å²) in [7, 11) is 0. The molecule has 0 amide bonds. The van der Waals surface area contributed by atoms with E-state index in [2.05, 4.69) is 0 Å². The molecule has 5 N–H and O–H groups in total. The standard InChI is InChI=1S/C11H22O7/c1-2-6(13)3-4-17-11-10(16)9(15)8(14)7(5-12)18-11/h6-16H,2-5H2,1H3/t6-,7?,8?,9?,10?,11?/m1/s1. The second kappa shape index (κ2) is 7.34. The van der Waals surface area contributed by atoms with Crippen LogP contribution in [-0.4, -0.2) is 75.6 Å². The van der Waals surface area contributed by atoms with Gasteiger partial charge in [-0.2, -0.15) is 0 Å². The van der Waals surface area contributed by atoms with Crippen molar-refractivity contribution < 1.29 is 35.0 Å². The fourth-order valence-electron chi connectivity index (χ4n) is 1.73. The molecule has 1 fully saturated rings. The maximum Gasteiger partial charge on any atom is 0.186 e. The summed E-state index contributed by atoms with van der Waals surface area (Å²) in [6.45, 7) is 1.50. The largest absolute Gasteiger partial charge is 0.394 e. The van der Waals surface area contributed by atoms with Crippen molar-refractivity contribution >= 4 is 0 Å². The van der Waals surface area contributed by atoms with E-state index in [1.54, 1.807) is 0 Å². The minimum Gasteiger partial charge on any atom is -0.394 e. The van der Waals surface area contributed by atoms with E-state index < -0.39 is 43.4 Å². The fourth-order valence-corrected chi connectivity index (χ4v) is 1.73. The molecule has 18 heavy (non-hydrogen) atoms. The van der Waals surface area contributed by atoms with Gasteiger partial charge in [0.15, 0.2) is 6.29 Å². The minimum atomic E-state index is -1.43. The van der Waals surface area contributed by atoms with Crippen molar-refractivity contribution in [2.24, 2.45) is 0 Å². The van der Waals surface area contributed by atoms with Crippen LogP contribution in [0.15, 0.2) is 0 Å². The summed E-state index contributed by atoms with van der Waals surface area (Å²) in [5.41, 5.74) is 0. The molecule has 0 saturated carbocycles. The zero-order chi connectivity index (χ0) is 13.7. The van der Waals surface area contributed by atoms with Crippen molar-refractivity contribution in [1.82, 2.24) is 0 Å². The van der Waals surface area contributed by atoms with Gasteiger partial charge in [0.25, 0.3) is 0 Å². The molecule has 0 aliphatic carbocycles. The van der Waals surface area contributed by atoms with Gasteiger partial charge in [-0.1, -0.05) is 6.92 Å². The molecule has 108 valence electrons. The number of hydrogen-bond donors (Lipinski definition) is 5. The quantitative estimate of drug-likeness (QED) is 0.376. The van der Waals surface area contributed by atoms with Crippen LogP contribution in [-0.2, 0) is 9.47 Å². The van der Waals surface area contributed by atoms with E-state index in [4.69, 9.17) is 14.6 Å². The average molecular weight is 266 g/mol. The van der Waals surface area contributed by atoms with Crippen LogP contribution in [0.25, 0.3) is 0 Å². The van der Waals surface area contributed by atoms with Crippen LogP contribution in [0.5, 0.6) is 0 Å². The normalized spacial score (nSPS) is 38.7. The van der Waals surface area contributed by atoms with Gasteiger partial charge in [0.05, 0.1) is 19.3 Å². The first-order valence-corrected chi connectivity index (χ1v) is 6.11. The summed E-state index contributed by atoms with van der Waals surface area (Å²) in [6.07, 6.45) is -5.81. The SMILES string of the molecule is CC[C@@H](O)CCOC1OC(CO)C(O)C(O)C1O. The van der Waals surface area contributed by atoms with Gasteiger partial charge in [-0.05, 0) is 12.8 Å². The Morgan fingerprint density at radius 3 is 2.39 bits per heavy atom. The third-order valence-electron chi connectivity index (χ3n) is 3.05. The molecule has 0 bridgehead atoms. The lowest BCUT2D eigenvalue weighted by molar-refractivity contribution is -0.301. The number of aliphatic hydroxyl groups excluding tert-OH is 5. The lowest BCUT2D eigenvalue weighted by Gasteiger charge is -2.39. The Hall–Kier alpha value is -0.280. The van der Waals surface area contributed by atoms with E-state index in [-0.39, 0.29) is 6.61 Å². The van der Waals surface area contributed by atoms with Crippen molar-refractivity contribution in [2.75, 3.05) is 13.2 Å². The highest BCUT2D eigenvalue weighted by Crippen LogP contribution is 2.22. The van der Waals surface area contributed by atoms with Gasteiger partial charge < -0.3 is 35.0 Å². The van der Waals surface area contributed by atoms with Crippen molar-refractivity contribution in [2.45, 2.75) is 56.6 Å². The van der Waals surface area contributed by atoms with Crippen LogP contribution in [0.4, 0.5) is 0 Å². The van der Waals surface area contributed by atoms with Crippen LogP contribution in [0.3, 0.4) is 0 Å². The second-order valence-electron chi connectivity index (χ2n) is 4.42. The summed E-state index contributed by atoms with van der Waals surface area (Å²) < 4.78 is 10.3. The predicted octanol–water partition coefficient (Wildman–Crippen LogP) is -2.04. The molecular weight excluding hydrogens is 244 g/mol. The molecule has 0 aromatic heterocycles. The minimum absolute atomic E-state index is 0.150. The van der Waals surface area contributed by atoms with Crippen molar-refractivity contribution in [3.63, 3.8) is 0 Å². The maximum atomic E-state index is 9.64. The Balaban J connectivity index is 2.44. The second-order valence-corrected chi connectivity index (χ2v) is 4.42. The molecule has 0 radical (unpaired) electrons. The van der Waals surface area contributed by atoms with Gasteiger partial charge in [0.1, 0.15) is 24.4 Å². The molecule has 0 aromatic carbocycles. The Kier molecular flexibility index (Phi) is 6.44. The van der Waals surface area contributed by atoms with E-state index in [0.29, 0.717) is 12.8 Å². The van der Waals surface area contributed by atoms with Crippen LogP contribution >= 0.6 is 0 Å². The summed E-state index contributed by atoms with van der Waals surface area (Å²) in [5.74, 6) is 0. The van der Waals surface area contributed by atoms with Crippen LogP contribution < -0.4 is 0 Å². The molecule has 1 saturated heterocycles. The van der Waals surface area contributed by atoms with Crippen LogP contribution in [0.1, 0.15) is 19.8 Å². The number of ether oxygens (including phenoxy) is 2. The van der Waals surface area contributed by atoms with Crippen molar-refractivity contribution in [1.29, 1.82) is 0 Å². The molecule has 7 nitrogen and oxygen atoms in total. The van der Waals surface area contributed by atoms with Gasteiger partial charge in [-0.3, -0.25) is 0 Å². The molecule has 6 atom stereocenters. The first kappa shape index (κ1) is 15.8. The van der Waals surface area contributed by atoms with E-state index in [1.165, 1.54) is 0 Å². The molecule has 0 aromatic rings. The third-order valence-corrected chi connectivity index (χ3v) is 3.05. The van der Waals surface area contributed by atoms with Gasteiger partial charge >= 0.3 is 0 Å². The predicted molar refractivity (Wildman–Crippen MR) is 60.6 cm³/mol. The lowest BCUT2D eigenvalue weighted by atomic mass is 9.99. The summed E-state index contributed by atoms with van der Waals surface area (Å²) in [6, 6.07) is 0. The number of aliphatic hydroxyl groups is 5. The van der Waals surface area contributed by atoms with Crippen LogP contribution in [0.2, 0.25) is 0 Å². The van der Waals surface area contributed by atoms with Crippen LogP contribution in [0, 0.1) is 0 Å². The fraction of sp³-hybridized carbons (Fsp3) is 1.00. The van der Waals surface area contributed by atoms with Crippen molar-refractivity contribution in [3.05, 3.63) is 0 Å². The third kappa shape index (κ3) is 3.86. The average Bonchev–Trinajstić information content (AvgIpc) is 2.38. The monoisotopic (exact) mass is 266 g/mol. The summed E-state index contributed by atoms with van der Waals surface area (Å²) in [5, 5.41) is 47.0. The molecule has 1 rings (SSSR count). The highest BCUT2D eigenvalue weighted by Gasteiger charge is 2.43. The Labute approximate surface area is 106 Å². The van der Waals surface area contributed by atoms with Crippen molar-refractivity contribution in [3.8, 4) is 0 Å². The van der Waals surface area contributed by atoms with E-state index >= 15 is 0 Å². The van der Waals surface area contributed by atoms with Gasteiger partial charge in [0, 0.05) is 0 Å². The number of hydrogen-bond acceptors (Lipinski definition) is 7. The lowest BCUT2D eigenvalue weighted by Crippen LogP contribution is -2.59. The number of rotatable bonds is 6. The Bertz CT molecular complexity index is 235. The molecule has 5 unspecified atom stereocenters. The zero-order valence-electron chi connectivity index (χ0n) is 10.3. The Morgan fingerprint density at radius 2 is 1.83 bits per heavy atom. The molecule has 7 heteroatoms. The first-order valence-electron chi connectivity index (χ1n) is 6.11. The smallest absolute Gasteiger partial charge is 0.186 e. The summed E-state index contributed by atoms with van der Waals surface area (Å²) >= 11 is 0. The van der Waals surface area contributed by atoms with E-state index in [1.807, 2.05) is 6.92 Å². The highest BCUT2D eigenvalue weighted by atomic mass is 16.7. The van der Waals surface area contributed by atoms with E-state index in [0.717, 1.165) is 0 Å². The zero-order valence-corrected chi connectivity index (χ0v) is 10.3. The van der Waals surface area contributed by atoms with E-state index in [9.17, 15) is 20.4 Å². The molecular formula is C11H22O7.